The Hall–Kier alpha value is -1.58. The number of ether oxygens (including phenoxy) is 1. The van der Waals surface area contributed by atoms with Crippen molar-refractivity contribution < 1.29 is 4.74 Å². The number of benzene rings is 1. The van der Waals surface area contributed by atoms with Gasteiger partial charge in [0.1, 0.15) is 6.61 Å². The quantitative estimate of drug-likeness (QED) is 0.870. The van der Waals surface area contributed by atoms with Crippen LogP contribution in [0.3, 0.4) is 0 Å². The molecular weight excluding hydrogens is 296 g/mol. The van der Waals surface area contributed by atoms with E-state index < -0.39 is 0 Å². The molecule has 4 heteroatoms. The van der Waals surface area contributed by atoms with Crippen molar-refractivity contribution >= 4 is 12.4 Å². The van der Waals surface area contributed by atoms with E-state index >= 15 is 0 Å². The molecule has 1 aromatic heterocycles. The van der Waals surface area contributed by atoms with Gasteiger partial charge in [0, 0.05) is 24.8 Å². The summed E-state index contributed by atoms with van der Waals surface area (Å²) in [7, 11) is 0. The van der Waals surface area contributed by atoms with E-state index in [-0.39, 0.29) is 12.4 Å². The van der Waals surface area contributed by atoms with Crippen LogP contribution >= 0.6 is 12.4 Å². The van der Waals surface area contributed by atoms with Crippen LogP contribution < -0.4 is 10.1 Å². The van der Waals surface area contributed by atoms with Crippen LogP contribution in [0.15, 0.2) is 48.7 Å². The maximum Gasteiger partial charge on any atom is 0.213 e. The van der Waals surface area contributed by atoms with Crippen LogP contribution in [0.4, 0.5) is 0 Å². The van der Waals surface area contributed by atoms with Crippen LogP contribution in [0, 0.1) is 0 Å². The first kappa shape index (κ1) is 16.8. The molecule has 118 valence electrons. The molecule has 1 aliphatic rings. The molecule has 0 aliphatic heterocycles. The van der Waals surface area contributed by atoms with Crippen molar-refractivity contribution in [2.45, 2.75) is 44.9 Å². The molecule has 1 N–H and O–H groups in total. The Kier molecular flexibility index (Phi) is 6.69. The third-order valence-corrected chi connectivity index (χ3v) is 3.98. The summed E-state index contributed by atoms with van der Waals surface area (Å²) in [5, 5.41) is 3.62. The molecule has 0 atom stereocenters. The second-order valence-electron chi connectivity index (χ2n) is 5.64. The fourth-order valence-electron chi connectivity index (χ4n) is 2.76. The van der Waals surface area contributed by atoms with Crippen molar-refractivity contribution in [3.63, 3.8) is 0 Å². The second-order valence-corrected chi connectivity index (χ2v) is 5.64. The number of rotatable bonds is 6. The fourth-order valence-corrected chi connectivity index (χ4v) is 2.76. The highest BCUT2D eigenvalue weighted by Gasteiger charge is 2.13. The normalized spacial score (nSPS) is 14.5. The summed E-state index contributed by atoms with van der Waals surface area (Å²) in [5.74, 6) is 0.699. The Morgan fingerprint density at radius 2 is 1.82 bits per heavy atom. The molecule has 1 saturated carbocycles. The molecule has 2 aromatic rings. The van der Waals surface area contributed by atoms with Gasteiger partial charge in [0.05, 0.1) is 0 Å². The van der Waals surface area contributed by atoms with Gasteiger partial charge in [-0.3, -0.25) is 0 Å². The van der Waals surface area contributed by atoms with Gasteiger partial charge in [-0.05, 0) is 30.0 Å². The van der Waals surface area contributed by atoms with E-state index in [1.54, 1.807) is 0 Å². The Morgan fingerprint density at radius 1 is 1.05 bits per heavy atom. The zero-order chi connectivity index (χ0) is 14.3. The van der Waals surface area contributed by atoms with Gasteiger partial charge < -0.3 is 10.1 Å². The topological polar surface area (TPSA) is 34.1 Å². The summed E-state index contributed by atoms with van der Waals surface area (Å²) < 4.78 is 5.77. The number of pyridine rings is 1. The van der Waals surface area contributed by atoms with Gasteiger partial charge in [-0.15, -0.1) is 12.4 Å². The van der Waals surface area contributed by atoms with Gasteiger partial charge >= 0.3 is 0 Å². The molecule has 1 aliphatic carbocycles. The summed E-state index contributed by atoms with van der Waals surface area (Å²) in [6.07, 6.45) is 7.16. The first-order valence-corrected chi connectivity index (χ1v) is 7.75. The van der Waals surface area contributed by atoms with Gasteiger partial charge in [0.15, 0.2) is 0 Å². The molecule has 0 radical (unpaired) electrons. The molecule has 1 heterocycles. The molecule has 1 fully saturated rings. The molecule has 0 amide bonds. The highest BCUT2D eigenvalue weighted by Crippen LogP contribution is 2.18. The zero-order valence-electron chi connectivity index (χ0n) is 12.7. The van der Waals surface area contributed by atoms with Gasteiger partial charge in [0.2, 0.25) is 5.88 Å². The van der Waals surface area contributed by atoms with Crippen molar-refractivity contribution in [1.82, 2.24) is 10.3 Å². The lowest BCUT2D eigenvalue weighted by atomic mass is 10.2. The van der Waals surface area contributed by atoms with Crippen LogP contribution in [0.2, 0.25) is 0 Å². The Morgan fingerprint density at radius 3 is 2.59 bits per heavy atom. The minimum Gasteiger partial charge on any atom is -0.473 e. The van der Waals surface area contributed by atoms with E-state index in [1.165, 1.54) is 31.2 Å². The van der Waals surface area contributed by atoms with E-state index in [4.69, 9.17) is 4.74 Å². The fraction of sp³-hybridized carbons (Fsp3) is 0.389. The van der Waals surface area contributed by atoms with Gasteiger partial charge in [-0.2, -0.15) is 0 Å². The predicted octanol–water partition coefficient (Wildman–Crippen LogP) is 4.11. The first-order valence-electron chi connectivity index (χ1n) is 7.75. The van der Waals surface area contributed by atoms with Crippen molar-refractivity contribution in [3.8, 4) is 5.88 Å². The molecule has 1 aromatic carbocycles. The Balaban J connectivity index is 0.00000176. The number of hydrogen-bond acceptors (Lipinski definition) is 3. The zero-order valence-corrected chi connectivity index (χ0v) is 13.5. The van der Waals surface area contributed by atoms with Crippen LogP contribution in [0.25, 0.3) is 0 Å². The summed E-state index contributed by atoms with van der Waals surface area (Å²) in [5.41, 5.74) is 2.40. The average molecular weight is 319 g/mol. The van der Waals surface area contributed by atoms with Gasteiger partial charge in [-0.25, -0.2) is 4.98 Å². The SMILES string of the molecule is Cl.c1ccc(COc2cc(CNC3CCCC3)ccn2)cc1. The maximum absolute atomic E-state index is 5.77. The van der Waals surface area contributed by atoms with Crippen molar-refractivity contribution in [3.05, 3.63) is 59.8 Å². The largest absolute Gasteiger partial charge is 0.473 e. The van der Waals surface area contributed by atoms with Crippen LogP contribution in [0.5, 0.6) is 5.88 Å². The molecular formula is C18H23ClN2O. The number of aromatic nitrogens is 1. The van der Waals surface area contributed by atoms with E-state index in [9.17, 15) is 0 Å². The Bertz CT molecular complexity index is 556. The third kappa shape index (κ3) is 5.00. The molecule has 22 heavy (non-hydrogen) atoms. The predicted molar refractivity (Wildman–Crippen MR) is 91.4 cm³/mol. The monoisotopic (exact) mass is 318 g/mol. The van der Waals surface area contributed by atoms with Crippen LogP contribution in [-0.4, -0.2) is 11.0 Å². The number of hydrogen-bond donors (Lipinski definition) is 1. The summed E-state index contributed by atoms with van der Waals surface area (Å²) >= 11 is 0. The maximum atomic E-state index is 5.77. The van der Waals surface area contributed by atoms with E-state index in [1.807, 2.05) is 30.5 Å². The lowest BCUT2D eigenvalue weighted by molar-refractivity contribution is 0.293. The number of nitrogens with zero attached hydrogens (tertiary/aromatic N) is 1. The molecule has 3 nitrogen and oxygen atoms in total. The standard InChI is InChI=1S/C18H22N2O.ClH/c1-2-6-15(7-3-1)14-21-18-12-16(10-11-19-18)13-20-17-8-4-5-9-17;/h1-3,6-7,10-12,17,20H,4-5,8-9,13-14H2;1H. The molecule has 0 unspecified atom stereocenters. The lowest BCUT2D eigenvalue weighted by Crippen LogP contribution is -2.25. The van der Waals surface area contributed by atoms with E-state index in [0.29, 0.717) is 18.5 Å². The third-order valence-electron chi connectivity index (χ3n) is 3.98. The minimum atomic E-state index is 0. The highest BCUT2D eigenvalue weighted by atomic mass is 35.5. The number of nitrogens with one attached hydrogen (secondary N) is 1. The van der Waals surface area contributed by atoms with Gasteiger partial charge in [0.25, 0.3) is 0 Å². The van der Waals surface area contributed by atoms with E-state index in [0.717, 1.165) is 12.1 Å². The highest BCUT2D eigenvalue weighted by molar-refractivity contribution is 5.85. The van der Waals surface area contributed by atoms with Gasteiger partial charge in [-0.1, -0.05) is 43.2 Å². The minimum absolute atomic E-state index is 0. The van der Waals surface area contributed by atoms with Crippen molar-refractivity contribution in [2.75, 3.05) is 0 Å². The lowest BCUT2D eigenvalue weighted by Gasteiger charge is -2.12. The number of halogens is 1. The summed E-state index contributed by atoms with van der Waals surface area (Å²) in [6, 6.07) is 14.9. The Labute approximate surface area is 138 Å². The van der Waals surface area contributed by atoms with Crippen LogP contribution in [-0.2, 0) is 13.2 Å². The van der Waals surface area contributed by atoms with E-state index in [2.05, 4.69) is 28.5 Å². The second kappa shape index (κ2) is 8.76. The molecule has 3 rings (SSSR count). The van der Waals surface area contributed by atoms with Crippen molar-refractivity contribution in [2.24, 2.45) is 0 Å². The molecule has 0 saturated heterocycles. The summed E-state index contributed by atoms with van der Waals surface area (Å²) in [6.45, 7) is 1.46. The molecule has 0 bridgehead atoms. The first-order chi connectivity index (χ1) is 10.4. The molecule has 0 spiro atoms. The summed E-state index contributed by atoms with van der Waals surface area (Å²) in [4.78, 5) is 4.28. The van der Waals surface area contributed by atoms with Crippen molar-refractivity contribution in [1.29, 1.82) is 0 Å². The van der Waals surface area contributed by atoms with Crippen LogP contribution in [0.1, 0.15) is 36.8 Å². The average Bonchev–Trinajstić information content (AvgIpc) is 3.06. The smallest absolute Gasteiger partial charge is 0.213 e.